The van der Waals surface area contributed by atoms with Crippen LogP contribution in [0.15, 0.2) is 0 Å². The molecule has 80 valence electrons. The van der Waals surface area contributed by atoms with E-state index in [0.717, 1.165) is 4.90 Å². The number of hydrogen-bond donors (Lipinski definition) is 1. The number of ether oxygens (including phenoxy) is 1. The molecule has 1 heterocycles. The highest BCUT2D eigenvalue weighted by molar-refractivity contribution is 5.93. The van der Waals surface area contributed by atoms with E-state index in [0.29, 0.717) is 13.1 Å². The van der Waals surface area contributed by atoms with Gasteiger partial charge >= 0.3 is 6.09 Å². The summed E-state index contributed by atoms with van der Waals surface area (Å²) in [4.78, 5) is 25.1. The molecule has 6 nitrogen and oxygen atoms in total. The van der Waals surface area contributed by atoms with Crippen molar-refractivity contribution in [2.45, 2.75) is 0 Å². The molecule has 1 N–H and O–H groups in total. The topological polar surface area (TPSA) is 70.1 Å². The fourth-order valence-corrected chi connectivity index (χ4v) is 1.19. The van der Waals surface area contributed by atoms with Gasteiger partial charge in [-0.1, -0.05) is 0 Å². The highest BCUT2D eigenvalue weighted by atomic mass is 16.6. The first-order valence-electron chi connectivity index (χ1n) is 4.41. The number of hydrogen-bond acceptors (Lipinski definition) is 5. The predicted octanol–water partition coefficient (Wildman–Crippen LogP) is -1.11. The summed E-state index contributed by atoms with van der Waals surface area (Å²) >= 11 is 0. The average Bonchev–Trinajstić information content (AvgIpc) is 2.51. The van der Waals surface area contributed by atoms with Crippen LogP contribution in [0.5, 0.6) is 0 Å². The number of nitrogens with zero attached hydrogens (tertiary/aromatic N) is 2. The van der Waals surface area contributed by atoms with Crippen LogP contribution in [-0.4, -0.2) is 66.8 Å². The van der Waals surface area contributed by atoms with Gasteiger partial charge in [0.2, 0.25) is 5.91 Å². The van der Waals surface area contributed by atoms with Crippen molar-refractivity contribution in [3.63, 3.8) is 0 Å². The van der Waals surface area contributed by atoms with Crippen molar-refractivity contribution in [2.75, 3.05) is 39.9 Å². The molecule has 0 saturated carbocycles. The Balaban J connectivity index is 2.37. The Labute approximate surface area is 82.0 Å². The van der Waals surface area contributed by atoms with E-state index in [-0.39, 0.29) is 25.7 Å². The minimum absolute atomic E-state index is 0.00573. The van der Waals surface area contributed by atoms with Gasteiger partial charge in [-0.3, -0.25) is 9.69 Å². The van der Waals surface area contributed by atoms with E-state index in [1.807, 2.05) is 0 Å². The van der Waals surface area contributed by atoms with Crippen molar-refractivity contribution in [3.8, 4) is 0 Å². The largest absolute Gasteiger partial charge is 0.447 e. The van der Waals surface area contributed by atoms with Gasteiger partial charge in [0.25, 0.3) is 0 Å². The molecular weight excluding hydrogens is 188 g/mol. The van der Waals surface area contributed by atoms with Crippen LogP contribution in [0.2, 0.25) is 0 Å². The minimum Gasteiger partial charge on any atom is -0.447 e. The molecule has 0 aromatic rings. The molecule has 6 heteroatoms. The summed E-state index contributed by atoms with van der Waals surface area (Å²) < 4.78 is 4.63. The van der Waals surface area contributed by atoms with Gasteiger partial charge < -0.3 is 9.84 Å². The van der Waals surface area contributed by atoms with Gasteiger partial charge in [0.05, 0.1) is 19.7 Å². The van der Waals surface area contributed by atoms with Crippen molar-refractivity contribution < 1.29 is 19.4 Å². The van der Waals surface area contributed by atoms with Gasteiger partial charge in [0.1, 0.15) is 6.61 Å². The van der Waals surface area contributed by atoms with Crippen molar-refractivity contribution >= 4 is 12.0 Å². The van der Waals surface area contributed by atoms with Gasteiger partial charge in [-0.25, -0.2) is 9.69 Å². The Morgan fingerprint density at radius 1 is 1.71 bits per heavy atom. The highest BCUT2D eigenvalue weighted by Gasteiger charge is 2.28. The van der Waals surface area contributed by atoms with Crippen LogP contribution in [0.1, 0.15) is 0 Å². The Hall–Kier alpha value is -1.14. The van der Waals surface area contributed by atoms with E-state index in [1.165, 1.54) is 0 Å². The quantitative estimate of drug-likeness (QED) is 0.626. The third-order valence-electron chi connectivity index (χ3n) is 1.95. The SMILES string of the molecule is CN(CCO)CC(=O)N1CCOC1=O. The fraction of sp³-hybridized carbons (Fsp3) is 0.750. The fourth-order valence-electron chi connectivity index (χ4n) is 1.19. The molecule has 1 aliphatic heterocycles. The molecule has 0 aromatic heterocycles. The number of carbonyl (C=O) groups is 2. The molecule has 0 aromatic carbocycles. The molecular formula is C8H14N2O4. The Morgan fingerprint density at radius 3 is 2.93 bits per heavy atom. The van der Waals surface area contributed by atoms with E-state index in [1.54, 1.807) is 11.9 Å². The molecule has 0 unspecified atom stereocenters. The average molecular weight is 202 g/mol. The van der Waals surface area contributed by atoms with Crippen LogP contribution in [-0.2, 0) is 9.53 Å². The second kappa shape index (κ2) is 4.92. The number of aliphatic hydroxyl groups excluding tert-OH is 1. The Kier molecular flexibility index (Phi) is 3.84. The zero-order chi connectivity index (χ0) is 10.6. The first-order chi connectivity index (χ1) is 6.65. The number of amides is 2. The zero-order valence-electron chi connectivity index (χ0n) is 8.10. The maximum atomic E-state index is 11.4. The number of aliphatic hydroxyl groups is 1. The van der Waals surface area contributed by atoms with Crippen molar-refractivity contribution in [3.05, 3.63) is 0 Å². The van der Waals surface area contributed by atoms with Crippen molar-refractivity contribution in [1.29, 1.82) is 0 Å². The van der Waals surface area contributed by atoms with E-state index in [4.69, 9.17) is 5.11 Å². The molecule has 1 aliphatic rings. The van der Waals surface area contributed by atoms with E-state index in [9.17, 15) is 9.59 Å². The van der Waals surface area contributed by atoms with E-state index >= 15 is 0 Å². The lowest BCUT2D eigenvalue weighted by Crippen LogP contribution is -2.40. The van der Waals surface area contributed by atoms with Crippen LogP contribution in [0.4, 0.5) is 4.79 Å². The number of cyclic esters (lactones) is 1. The van der Waals surface area contributed by atoms with Gasteiger partial charge in [0.15, 0.2) is 0 Å². The third kappa shape index (κ3) is 2.68. The second-order valence-electron chi connectivity index (χ2n) is 3.12. The minimum atomic E-state index is -0.576. The van der Waals surface area contributed by atoms with Gasteiger partial charge in [0, 0.05) is 6.54 Å². The number of imide groups is 1. The van der Waals surface area contributed by atoms with Crippen LogP contribution in [0.25, 0.3) is 0 Å². The van der Waals surface area contributed by atoms with Crippen LogP contribution < -0.4 is 0 Å². The number of carbonyl (C=O) groups excluding carboxylic acids is 2. The number of rotatable bonds is 4. The lowest BCUT2D eigenvalue weighted by Gasteiger charge is -2.17. The maximum absolute atomic E-state index is 11.4. The summed E-state index contributed by atoms with van der Waals surface area (Å²) in [6.45, 7) is 1.12. The molecule has 2 amide bonds. The lowest BCUT2D eigenvalue weighted by molar-refractivity contribution is -0.128. The van der Waals surface area contributed by atoms with Crippen LogP contribution >= 0.6 is 0 Å². The molecule has 0 spiro atoms. The molecule has 1 rings (SSSR count). The third-order valence-corrected chi connectivity index (χ3v) is 1.95. The summed E-state index contributed by atoms with van der Waals surface area (Å²) in [6.07, 6.45) is -0.576. The predicted molar refractivity (Wildman–Crippen MR) is 47.6 cm³/mol. The second-order valence-corrected chi connectivity index (χ2v) is 3.12. The highest BCUT2D eigenvalue weighted by Crippen LogP contribution is 2.03. The summed E-state index contributed by atoms with van der Waals surface area (Å²) in [5.74, 6) is -0.288. The molecule has 1 saturated heterocycles. The summed E-state index contributed by atoms with van der Waals surface area (Å²) in [7, 11) is 1.70. The maximum Gasteiger partial charge on any atom is 0.416 e. The number of likely N-dealkylation sites (N-methyl/N-ethyl adjacent to an activating group) is 1. The smallest absolute Gasteiger partial charge is 0.416 e. The van der Waals surface area contributed by atoms with Crippen LogP contribution in [0.3, 0.4) is 0 Å². The lowest BCUT2D eigenvalue weighted by atomic mass is 10.4. The first-order valence-corrected chi connectivity index (χ1v) is 4.41. The Bertz CT molecular complexity index is 231. The summed E-state index contributed by atoms with van der Waals surface area (Å²) in [6, 6.07) is 0. The van der Waals surface area contributed by atoms with Crippen LogP contribution in [0, 0.1) is 0 Å². The van der Waals surface area contributed by atoms with Gasteiger partial charge in [-0.15, -0.1) is 0 Å². The summed E-state index contributed by atoms with van der Waals surface area (Å²) in [5, 5.41) is 8.61. The summed E-state index contributed by atoms with van der Waals surface area (Å²) in [5.41, 5.74) is 0. The Morgan fingerprint density at radius 2 is 2.43 bits per heavy atom. The molecule has 14 heavy (non-hydrogen) atoms. The van der Waals surface area contributed by atoms with Gasteiger partial charge in [-0.2, -0.15) is 0 Å². The first kappa shape index (κ1) is 10.9. The van der Waals surface area contributed by atoms with E-state index < -0.39 is 6.09 Å². The molecule has 0 aliphatic carbocycles. The van der Waals surface area contributed by atoms with E-state index in [2.05, 4.69) is 4.74 Å². The standard InChI is InChI=1S/C8H14N2O4/c1-9(2-4-11)6-7(12)10-3-5-14-8(10)13/h11H,2-6H2,1H3. The molecule has 0 atom stereocenters. The normalized spacial score (nSPS) is 16.2. The van der Waals surface area contributed by atoms with Crippen molar-refractivity contribution in [1.82, 2.24) is 9.80 Å². The molecule has 0 bridgehead atoms. The monoisotopic (exact) mass is 202 g/mol. The van der Waals surface area contributed by atoms with Gasteiger partial charge in [-0.05, 0) is 7.05 Å². The van der Waals surface area contributed by atoms with Crippen molar-refractivity contribution in [2.24, 2.45) is 0 Å². The molecule has 1 fully saturated rings. The zero-order valence-corrected chi connectivity index (χ0v) is 8.10. The molecule has 0 radical (unpaired) electrons.